The Morgan fingerprint density at radius 1 is 1.44 bits per heavy atom. The zero-order valence-corrected chi connectivity index (χ0v) is 12.8. The van der Waals surface area contributed by atoms with Gasteiger partial charge in [0.15, 0.2) is 0 Å². The Labute approximate surface area is 114 Å². The highest BCUT2D eigenvalue weighted by Gasteiger charge is 2.41. The van der Waals surface area contributed by atoms with Crippen LogP contribution in [0.2, 0.25) is 0 Å². The number of nitrogens with one attached hydrogen (secondary N) is 1. The van der Waals surface area contributed by atoms with Gasteiger partial charge in [-0.05, 0) is 18.1 Å². The van der Waals surface area contributed by atoms with E-state index in [9.17, 15) is 9.59 Å². The van der Waals surface area contributed by atoms with Crippen LogP contribution in [0.3, 0.4) is 0 Å². The van der Waals surface area contributed by atoms with Crippen LogP contribution in [0.1, 0.15) is 34.6 Å². The summed E-state index contributed by atoms with van der Waals surface area (Å²) in [5, 5.41) is 2.81. The average molecular weight is 272 g/mol. The van der Waals surface area contributed by atoms with Gasteiger partial charge >= 0.3 is 0 Å². The fourth-order valence-corrected chi connectivity index (χ4v) is 2.76. The number of carbonyl (C=O) groups is 2. The molecule has 1 rings (SSSR count). The topological polar surface area (TPSA) is 49.4 Å². The van der Waals surface area contributed by atoms with Crippen molar-refractivity contribution in [2.75, 3.05) is 18.1 Å². The van der Waals surface area contributed by atoms with Crippen LogP contribution in [0.15, 0.2) is 0 Å². The first-order valence-corrected chi connectivity index (χ1v) is 7.60. The van der Waals surface area contributed by atoms with Crippen LogP contribution in [0.25, 0.3) is 0 Å². The largest absolute Gasteiger partial charge is 0.342 e. The smallest absolute Gasteiger partial charge is 0.246 e. The third-order valence-electron chi connectivity index (χ3n) is 3.11. The Bertz CT molecular complexity index is 325. The van der Waals surface area contributed by atoms with Gasteiger partial charge in [-0.1, -0.05) is 27.7 Å². The summed E-state index contributed by atoms with van der Waals surface area (Å²) in [6.07, 6.45) is 0. The van der Waals surface area contributed by atoms with Crippen molar-refractivity contribution in [2.45, 2.75) is 46.7 Å². The maximum Gasteiger partial charge on any atom is 0.246 e. The SMILES string of the molecule is CCSCC(C)N1CC(=O)NC(C(C)(C)C)C1=O. The number of piperazine rings is 1. The highest BCUT2D eigenvalue weighted by Crippen LogP contribution is 2.24. The number of hydrogen-bond acceptors (Lipinski definition) is 3. The predicted molar refractivity (Wildman–Crippen MR) is 75.6 cm³/mol. The van der Waals surface area contributed by atoms with Gasteiger partial charge in [-0.15, -0.1) is 0 Å². The van der Waals surface area contributed by atoms with Crippen LogP contribution < -0.4 is 5.32 Å². The van der Waals surface area contributed by atoms with Gasteiger partial charge in [-0.25, -0.2) is 0 Å². The van der Waals surface area contributed by atoms with Gasteiger partial charge in [-0.3, -0.25) is 9.59 Å². The third kappa shape index (κ3) is 3.64. The van der Waals surface area contributed by atoms with Gasteiger partial charge in [0.25, 0.3) is 0 Å². The van der Waals surface area contributed by atoms with E-state index in [-0.39, 0.29) is 29.8 Å². The molecule has 5 heteroatoms. The van der Waals surface area contributed by atoms with E-state index >= 15 is 0 Å². The van der Waals surface area contributed by atoms with E-state index in [1.54, 1.807) is 16.7 Å². The maximum absolute atomic E-state index is 12.4. The number of thioether (sulfide) groups is 1. The summed E-state index contributed by atoms with van der Waals surface area (Å²) in [6, 6.07) is -0.300. The Kier molecular flexibility index (Phi) is 5.08. The van der Waals surface area contributed by atoms with Gasteiger partial charge < -0.3 is 10.2 Å². The summed E-state index contributed by atoms with van der Waals surface area (Å²) in [5.41, 5.74) is -0.247. The van der Waals surface area contributed by atoms with Crippen LogP contribution in [-0.2, 0) is 9.59 Å². The molecule has 0 aromatic carbocycles. The van der Waals surface area contributed by atoms with E-state index in [0.29, 0.717) is 0 Å². The molecule has 4 nitrogen and oxygen atoms in total. The van der Waals surface area contributed by atoms with E-state index in [1.807, 2.05) is 27.7 Å². The van der Waals surface area contributed by atoms with Crippen LogP contribution in [0.4, 0.5) is 0 Å². The molecule has 0 aliphatic carbocycles. The first-order valence-electron chi connectivity index (χ1n) is 6.45. The molecule has 2 amide bonds. The molecule has 0 radical (unpaired) electrons. The molecule has 1 N–H and O–H groups in total. The molecular weight excluding hydrogens is 248 g/mol. The molecule has 1 heterocycles. The van der Waals surface area contributed by atoms with Crippen molar-refractivity contribution in [1.82, 2.24) is 10.2 Å². The summed E-state index contributed by atoms with van der Waals surface area (Å²) in [6.45, 7) is 10.2. The van der Waals surface area contributed by atoms with Crippen molar-refractivity contribution in [3.05, 3.63) is 0 Å². The minimum Gasteiger partial charge on any atom is -0.342 e. The standard InChI is InChI=1S/C13H24N2O2S/c1-6-18-8-9(2)15-7-10(16)14-11(12(15)17)13(3,4)5/h9,11H,6-8H2,1-5H3,(H,14,16). The Morgan fingerprint density at radius 2 is 2.06 bits per heavy atom. The van der Waals surface area contributed by atoms with Crippen molar-refractivity contribution >= 4 is 23.6 Å². The zero-order valence-electron chi connectivity index (χ0n) is 11.9. The van der Waals surface area contributed by atoms with Gasteiger partial charge in [0.05, 0.1) is 6.54 Å². The van der Waals surface area contributed by atoms with Crippen molar-refractivity contribution in [3.63, 3.8) is 0 Å². The number of rotatable bonds is 4. The van der Waals surface area contributed by atoms with E-state index in [2.05, 4.69) is 12.2 Å². The minimum absolute atomic E-state index is 0.0475. The Morgan fingerprint density at radius 3 is 2.56 bits per heavy atom. The summed E-state index contributed by atoms with van der Waals surface area (Å²) in [4.78, 5) is 25.9. The van der Waals surface area contributed by atoms with E-state index < -0.39 is 6.04 Å². The molecule has 1 aliphatic heterocycles. The third-order valence-corrected chi connectivity index (χ3v) is 4.24. The highest BCUT2D eigenvalue weighted by molar-refractivity contribution is 7.99. The first kappa shape index (κ1) is 15.3. The zero-order chi connectivity index (χ0) is 13.9. The van der Waals surface area contributed by atoms with Crippen molar-refractivity contribution in [2.24, 2.45) is 5.41 Å². The monoisotopic (exact) mass is 272 g/mol. The average Bonchev–Trinajstić information content (AvgIpc) is 2.27. The molecule has 1 aliphatic rings. The molecule has 1 fully saturated rings. The fraction of sp³-hybridized carbons (Fsp3) is 0.846. The molecule has 18 heavy (non-hydrogen) atoms. The van der Waals surface area contributed by atoms with Gasteiger partial charge in [0.2, 0.25) is 11.8 Å². The fourth-order valence-electron chi connectivity index (χ4n) is 2.01. The molecule has 0 aromatic heterocycles. The Hall–Kier alpha value is -0.710. The van der Waals surface area contributed by atoms with Crippen LogP contribution in [-0.4, -0.2) is 46.8 Å². The van der Waals surface area contributed by atoms with Crippen molar-refractivity contribution < 1.29 is 9.59 Å². The molecular formula is C13H24N2O2S. The van der Waals surface area contributed by atoms with Crippen LogP contribution in [0, 0.1) is 5.41 Å². The summed E-state index contributed by atoms with van der Waals surface area (Å²) in [5.74, 6) is 1.90. The predicted octanol–water partition coefficient (Wildman–Crippen LogP) is 1.50. The molecule has 2 atom stereocenters. The molecule has 0 saturated carbocycles. The molecule has 0 spiro atoms. The van der Waals surface area contributed by atoms with Gasteiger partial charge in [-0.2, -0.15) is 11.8 Å². The van der Waals surface area contributed by atoms with E-state index in [1.165, 1.54) is 0 Å². The lowest BCUT2D eigenvalue weighted by molar-refractivity contribution is -0.149. The van der Waals surface area contributed by atoms with Crippen LogP contribution >= 0.6 is 11.8 Å². The summed E-state index contributed by atoms with van der Waals surface area (Å²) >= 11 is 1.80. The van der Waals surface area contributed by atoms with Crippen molar-refractivity contribution in [3.8, 4) is 0 Å². The van der Waals surface area contributed by atoms with E-state index in [4.69, 9.17) is 0 Å². The Balaban J connectivity index is 2.79. The molecule has 1 saturated heterocycles. The van der Waals surface area contributed by atoms with Gasteiger partial charge in [0, 0.05) is 11.8 Å². The lowest BCUT2D eigenvalue weighted by atomic mass is 9.84. The van der Waals surface area contributed by atoms with Crippen LogP contribution in [0.5, 0.6) is 0 Å². The molecule has 0 bridgehead atoms. The lowest BCUT2D eigenvalue weighted by Gasteiger charge is -2.41. The number of amides is 2. The molecule has 0 aromatic rings. The normalized spacial score (nSPS) is 22.9. The second kappa shape index (κ2) is 5.95. The first-order chi connectivity index (χ1) is 8.27. The second-order valence-corrected chi connectivity index (χ2v) is 7.16. The minimum atomic E-state index is -0.409. The lowest BCUT2D eigenvalue weighted by Crippen LogP contribution is -2.64. The molecule has 104 valence electrons. The maximum atomic E-state index is 12.4. The second-order valence-electron chi connectivity index (χ2n) is 5.84. The number of carbonyl (C=O) groups excluding carboxylic acids is 2. The van der Waals surface area contributed by atoms with Crippen molar-refractivity contribution in [1.29, 1.82) is 0 Å². The molecule has 2 unspecified atom stereocenters. The summed E-state index contributed by atoms with van der Waals surface area (Å²) in [7, 11) is 0. The highest BCUT2D eigenvalue weighted by atomic mass is 32.2. The summed E-state index contributed by atoms with van der Waals surface area (Å²) < 4.78 is 0. The number of hydrogen-bond donors (Lipinski definition) is 1. The van der Waals surface area contributed by atoms with E-state index in [0.717, 1.165) is 11.5 Å². The quantitative estimate of drug-likeness (QED) is 0.844. The van der Waals surface area contributed by atoms with Gasteiger partial charge in [0.1, 0.15) is 6.04 Å². The number of nitrogens with zero attached hydrogens (tertiary/aromatic N) is 1.